The van der Waals surface area contributed by atoms with Gasteiger partial charge in [-0.3, -0.25) is 4.79 Å². The third kappa shape index (κ3) is 2.14. The number of rotatable bonds is 1. The molecule has 0 N–H and O–H groups in total. The third-order valence-electron chi connectivity index (χ3n) is 3.35. The molecule has 3 aliphatic rings. The maximum atomic E-state index is 11.5. The zero-order valence-corrected chi connectivity index (χ0v) is 11.8. The highest BCUT2D eigenvalue weighted by Gasteiger charge is 2.26. The van der Waals surface area contributed by atoms with Crippen molar-refractivity contribution in [2.75, 3.05) is 6.61 Å². The predicted molar refractivity (Wildman–Crippen MR) is 74.0 cm³/mol. The Balaban J connectivity index is 2.28. The molecule has 1 aliphatic carbocycles. The summed E-state index contributed by atoms with van der Waals surface area (Å²) in [6.07, 6.45) is 1.80. The maximum Gasteiger partial charge on any atom is 0.182 e. The minimum atomic E-state index is -0.157. The molecule has 1 atom stereocenters. The smallest absolute Gasteiger partial charge is 0.182 e. The molecule has 0 saturated carbocycles. The van der Waals surface area contributed by atoms with Gasteiger partial charge >= 0.3 is 0 Å². The van der Waals surface area contributed by atoms with E-state index in [0.717, 1.165) is 19.4 Å². The SMILES string of the molecule is Cn1c2cc(=O)cc(Cl)c-2nc(C2CCCO2)c1Cl. The summed E-state index contributed by atoms with van der Waals surface area (Å²) >= 11 is 12.4. The van der Waals surface area contributed by atoms with Crippen LogP contribution in [0.1, 0.15) is 24.6 Å². The van der Waals surface area contributed by atoms with Crippen LogP contribution in [0.4, 0.5) is 0 Å². The molecular weight excluding hydrogens is 287 g/mol. The summed E-state index contributed by atoms with van der Waals surface area (Å²) < 4.78 is 7.35. The van der Waals surface area contributed by atoms with Gasteiger partial charge in [0.1, 0.15) is 22.6 Å². The predicted octanol–water partition coefficient (Wildman–Crippen LogP) is 3.04. The lowest BCUT2D eigenvalue weighted by molar-refractivity contribution is 0.108. The van der Waals surface area contributed by atoms with Crippen molar-refractivity contribution in [1.82, 2.24) is 9.55 Å². The molecule has 0 spiro atoms. The van der Waals surface area contributed by atoms with Crippen molar-refractivity contribution in [3.63, 3.8) is 0 Å². The van der Waals surface area contributed by atoms with Gasteiger partial charge in [0.05, 0.1) is 10.7 Å². The Morgan fingerprint density at radius 1 is 1.42 bits per heavy atom. The molecule has 0 aromatic heterocycles. The monoisotopic (exact) mass is 298 g/mol. The van der Waals surface area contributed by atoms with Crippen LogP contribution in [0.2, 0.25) is 10.2 Å². The Labute approximate surface area is 120 Å². The molecular formula is C13H12Cl2N2O2. The molecule has 0 bridgehead atoms. The van der Waals surface area contributed by atoms with E-state index in [4.69, 9.17) is 27.9 Å². The number of fused-ring (bicyclic) bond motifs is 1. The van der Waals surface area contributed by atoms with Crippen molar-refractivity contribution in [3.8, 4) is 11.4 Å². The zero-order valence-electron chi connectivity index (χ0n) is 10.3. The molecule has 19 heavy (non-hydrogen) atoms. The van der Waals surface area contributed by atoms with Crippen molar-refractivity contribution in [2.24, 2.45) is 7.05 Å². The minimum Gasteiger partial charge on any atom is -0.372 e. The highest BCUT2D eigenvalue weighted by atomic mass is 35.5. The lowest BCUT2D eigenvalue weighted by Crippen LogP contribution is -2.13. The summed E-state index contributed by atoms with van der Waals surface area (Å²) in [4.78, 5) is 16.0. The van der Waals surface area contributed by atoms with Crippen LogP contribution in [0, 0.1) is 0 Å². The number of benzene rings is 1. The molecule has 1 unspecified atom stereocenters. The van der Waals surface area contributed by atoms with Gasteiger partial charge in [0.25, 0.3) is 0 Å². The van der Waals surface area contributed by atoms with Gasteiger partial charge in [0, 0.05) is 25.8 Å². The molecule has 0 aromatic rings. The second-order valence-electron chi connectivity index (χ2n) is 4.62. The first kappa shape index (κ1) is 12.9. The van der Waals surface area contributed by atoms with E-state index in [-0.39, 0.29) is 11.5 Å². The van der Waals surface area contributed by atoms with Crippen LogP contribution >= 0.6 is 23.2 Å². The van der Waals surface area contributed by atoms with Gasteiger partial charge in [0.2, 0.25) is 0 Å². The molecule has 4 nitrogen and oxygen atoms in total. The largest absolute Gasteiger partial charge is 0.372 e. The van der Waals surface area contributed by atoms with Crippen LogP contribution in [-0.4, -0.2) is 16.2 Å². The van der Waals surface area contributed by atoms with E-state index in [1.54, 1.807) is 11.6 Å². The van der Waals surface area contributed by atoms with Gasteiger partial charge in [-0.15, -0.1) is 0 Å². The summed E-state index contributed by atoms with van der Waals surface area (Å²) in [5.41, 5.74) is 1.74. The van der Waals surface area contributed by atoms with Crippen molar-refractivity contribution in [3.05, 3.63) is 38.2 Å². The summed E-state index contributed by atoms with van der Waals surface area (Å²) in [6, 6.07) is 2.85. The number of halogens is 2. The van der Waals surface area contributed by atoms with Crippen LogP contribution in [0.25, 0.3) is 11.4 Å². The maximum absolute atomic E-state index is 11.5. The van der Waals surface area contributed by atoms with Crippen molar-refractivity contribution in [1.29, 1.82) is 0 Å². The standard InChI is InChI=1S/C13H12Cl2N2O2/c1-17-9-6-7(18)5-8(14)11(9)16-12(13(17)15)10-3-2-4-19-10/h5-6,10H,2-4H2,1H3. The Kier molecular flexibility index (Phi) is 3.25. The number of hydrogen-bond acceptors (Lipinski definition) is 3. The lowest BCUT2D eigenvalue weighted by Gasteiger charge is -2.19. The fourth-order valence-corrected chi connectivity index (χ4v) is 2.87. The van der Waals surface area contributed by atoms with Crippen molar-refractivity contribution >= 4 is 23.2 Å². The van der Waals surface area contributed by atoms with E-state index in [1.165, 1.54) is 12.1 Å². The molecule has 2 aliphatic heterocycles. The fraction of sp³-hybridized carbons (Fsp3) is 0.385. The number of aromatic nitrogens is 2. The van der Waals surface area contributed by atoms with Crippen molar-refractivity contribution in [2.45, 2.75) is 18.9 Å². The molecule has 0 amide bonds. The fourth-order valence-electron chi connectivity index (χ4n) is 2.37. The van der Waals surface area contributed by atoms with Gasteiger partial charge in [-0.05, 0) is 12.8 Å². The molecule has 1 saturated heterocycles. The van der Waals surface area contributed by atoms with Gasteiger partial charge in [-0.25, -0.2) is 4.98 Å². The van der Waals surface area contributed by atoms with E-state index in [2.05, 4.69) is 4.98 Å². The first-order chi connectivity index (χ1) is 9.08. The Hall–Kier alpha value is -1.10. The second kappa shape index (κ2) is 4.78. The van der Waals surface area contributed by atoms with Crippen LogP contribution < -0.4 is 5.43 Å². The normalized spacial score (nSPS) is 19.2. The summed E-state index contributed by atoms with van der Waals surface area (Å²) in [5, 5.41) is 0.829. The van der Waals surface area contributed by atoms with Crippen LogP contribution in [0.15, 0.2) is 16.9 Å². The number of nitrogens with zero attached hydrogens (tertiary/aromatic N) is 2. The van der Waals surface area contributed by atoms with E-state index in [1.807, 2.05) is 0 Å². The van der Waals surface area contributed by atoms with Crippen LogP contribution in [0.5, 0.6) is 0 Å². The van der Waals surface area contributed by atoms with Gasteiger partial charge in [-0.2, -0.15) is 0 Å². The van der Waals surface area contributed by atoms with E-state index < -0.39 is 0 Å². The molecule has 0 radical (unpaired) electrons. The highest BCUT2D eigenvalue weighted by molar-refractivity contribution is 6.33. The number of ether oxygens (including phenoxy) is 1. The molecule has 0 aromatic carbocycles. The van der Waals surface area contributed by atoms with Gasteiger partial charge < -0.3 is 9.30 Å². The van der Waals surface area contributed by atoms with E-state index >= 15 is 0 Å². The third-order valence-corrected chi connectivity index (χ3v) is 4.09. The first-order valence-electron chi connectivity index (χ1n) is 6.05. The Morgan fingerprint density at radius 2 is 2.21 bits per heavy atom. The molecule has 6 heteroatoms. The lowest BCUT2D eigenvalue weighted by atomic mass is 10.1. The molecule has 100 valence electrons. The second-order valence-corrected chi connectivity index (χ2v) is 5.39. The summed E-state index contributed by atoms with van der Waals surface area (Å²) in [7, 11) is 1.79. The molecule has 2 heterocycles. The minimum absolute atomic E-state index is 0.0916. The topological polar surface area (TPSA) is 44.1 Å². The highest BCUT2D eigenvalue weighted by Crippen LogP contribution is 2.36. The van der Waals surface area contributed by atoms with Gasteiger partial charge in [0.15, 0.2) is 5.43 Å². The van der Waals surface area contributed by atoms with Crippen LogP contribution in [-0.2, 0) is 11.8 Å². The quantitative estimate of drug-likeness (QED) is 0.813. The Morgan fingerprint density at radius 3 is 2.89 bits per heavy atom. The molecule has 1 fully saturated rings. The summed E-state index contributed by atoms with van der Waals surface area (Å²) in [6.45, 7) is 0.720. The van der Waals surface area contributed by atoms with E-state index in [9.17, 15) is 4.79 Å². The summed E-state index contributed by atoms with van der Waals surface area (Å²) in [5.74, 6) is 0. The van der Waals surface area contributed by atoms with Crippen molar-refractivity contribution < 1.29 is 4.74 Å². The van der Waals surface area contributed by atoms with Crippen LogP contribution in [0.3, 0.4) is 0 Å². The molecule has 3 rings (SSSR count). The number of hydrogen-bond donors (Lipinski definition) is 0. The van der Waals surface area contributed by atoms with Gasteiger partial charge in [-0.1, -0.05) is 23.2 Å². The zero-order chi connectivity index (χ0) is 13.6. The first-order valence-corrected chi connectivity index (χ1v) is 6.81. The Bertz CT molecular complexity index is 663. The average molecular weight is 299 g/mol. The van der Waals surface area contributed by atoms with E-state index in [0.29, 0.717) is 27.3 Å². The average Bonchev–Trinajstić information content (AvgIpc) is 2.88.